The molecular weight excluding hydrogens is 487 g/mol. The zero-order valence-corrected chi connectivity index (χ0v) is 16.2. The van der Waals surface area contributed by atoms with E-state index in [9.17, 15) is 0 Å². The van der Waals surface area contributed by atoms with Gasteiger partial charge >= 0.3 is 0 Å². The van der Waals surface area contributed by atoms with E-state index in [1.807, 2.05) is 30.3 Å². The second kappa shape index (κ2) is 6.49. The van der Waals surface area contributed by atoms with Gasteiger partial charge in [-0.2, -0.15) is 0 Å². The monoisotopic (exact) mass is 494 g/mol. The summed E-state index contributed by atoms with van der Waals surface area (Å²) in [6.07, 6.45) is 0. The molecule has 0 aromatic heterocycles. The summed E-state index contributed by atoms with van der Waals surface area (Å²) in [5.41, 5.74) is 2.11. The Morgan fingerprint density at radius 1 is 0.905 bits per heavy atom. The standard InChI is InChI=1S/C15H10Br3ClO2/c16-11-2-1-8(19)5-9(11)15(18)10-6-13-14(7-12(10)17)21-4-3-20-13/h1-2,5-7,15H,3-4H2. The summed E-state index contributed by atoms with van der Waals surface area (Å²) in [5, 5.41) is 0.700. The van der Waals surface area contributed by atoms with Crippen LogP contribution in [0.1, 0.15) is 16.0 Å². The van der Waals surface area contributed by atoms with Crippen LogP contribution in [0.2, 0.25) is 5.02 Å². The number of rotatable bonds is 2. The molecule has 2 aromatic rings. The smallest absolute Gasteiger partial charge is 0.162 e. The number of ether oxygens (including phenoxy) is 2. The SMILES string of the molecule is Clc1ccc(Br)c(C(Br)c2cc3c(cc2Br)OCCO3)c1. The first-order chi connectivity index (χ1) is 10.1. The summed E-state index contributed by atoms with van der Waals surface area (Å²) in [4.78, 5) is -0.0178. The number of alkyl halides is 1. The molecule has 1 heterocycles. The molecule has 0 radical (unpaired) electrons. The van der Waals surface area contributed by atoms with Gasteiger partial charge in [0, 0.05) is 14.0 Å². The molecule has 1 unspecified atom stereocenters. The number of benzene rings is 2. The molecule has 1 aliphatic rings. The zero-order valence-electron chi connectivity index (χ0n) is 10.7. The fourth-order valence-electron chi connectivity index (χ4n) is 2.15. The Morgan fingerprint density at radius 2 is 1.52 bits per heavy atom. The highest BCUT2D eigenvalue weighted by Crippen LogP contribution is 2.44. The van der Waals surface area contributed by atoms with Crippen molar-refractivity contribution in [1.82, 2.24) is 0 Å². The minimum atomic E-state index is -0.0178. The van der Waals surface area contributed by atoms with E-state index in [0.29, 0.717) is 18.2 Å². The molecule has 0 N–H and O–H groups in total. The quantitative estimate of drug-likeness (QED) is 0.466. The summed E-state index contributed by atoms with van der Waals surface area (Å²) >= 11 is 17.0. The molecule has 21 heavy (non-hydrogen) atoms. The Hall–Kier alpha value is -0.230. The molecule has 110 valence electrons. The highest BCUT2D eigenvalue weighted by atomic mass is 79.9. The number of halogens is 4. The Bertz CT molecular complexity index is 691. The molecule has 0 bridgehead atoms. The van der Waals surface area contributed by atoms with E-state index in [1.54, 1.807) is 0 Å². The van der Waals surface area contributed by atoms with Crippen LogP contribution in [-0.2, 0) is 0 Å². The highest BCUT2D eigenvalue weighted by molar-refractivity contribution is 9.11. The molecule has 0 saturated carbocycles. The fourth-order valence-corrected chi connectivity index (χ4v) is 4.73. The van der Waals surface area contributed by atoms with Crippen LogP contribution in [0.25, 0.3) is 0 Å². The second-order valence-corrected chi connectivity index (χ2v) is 7.61. The van der Waals surface area contributed by atoms with Crippen LogP contribution in [0.15, 0.2) is 39.3 Å². The van der Waals surface area contributed by atoms with Gasteiger partial charge in [-0.25, -0.2) is 0 Å². The van der Waals surface area contributed by atoms with E-state index < -0.39 is 0 Å². The number of fused-ring (bicyclic) bond motifs is 1. The minimum Gasteiger partial charge on any atom is -0.486 e. The van der Waals surface area contributed by atoms with Gasteiger partial charge in [-0.15, -0.1) is 0 Å². The lowest BCUT2D eigenvalue weighted by Gasteiger charge is -2.22. The molecule has 0 amide bonds. The van der Waals surface area contributed by atoms with Gasteiger partial charge in [0.05, 0.1) is 4.83 Å². The molecule has 2 aromatic carbocycles. The van der Waals surface area contributed by atoms with Gasteiger partial charge in [0.2, 0.25) is 0 Å². The Kier molecular flexibility index (Phi) is 4.84. The van der Waals surface area contributed by atoms with Crippen molar-refractivity contribution in [2.75, 3.05) is 13.2 Å². The molecule has 1 aliphatic heterocycles. The molecular formula is C15H10Br3ClO2. The van der Waals surface area contributed by atoms with Crippen molar-refractivity contribution in [3.8, 4) is 11.5 Å². The van der Waals surface area contributed by atoms with Crippen molar-refractivity contribution in [3.63, 3.8) is 0 Å². The van der Waals surface area contributed by atoms with Crippen LogP contribution in [0.5, 0.6) is 11.5 Å². The summed E-state index contributed by atoms with van der Waals surface area (Å²) < 4.78 is 13.2. The molecule has 0 saturated heterocycles. The third-order valence-electron chi connectivity index (χ3n) is 3.17. The maximum absolute atomic E-state index is 6.11. The molecule has 0 fully saturated rings. The Labute approximate surface area is 153 Å². The van der Waals surface area contributed by atoms with Crippen LogP contribution < -0.4 is 9.47 Å². The van der Waals surface area contributed by atoms with Crippen LogP contribution in [-0.4, -0.2) is 13.2 Å². The lowest BCUT2D eigenvalue weighted by Crippen LogP contribution is -2.15. The third kappa shape index (κ3) is 3.26. The first kappa shape index (κ1) is 15.7. The average molecular weight is 497 g/mol. The molecule has 1 atom stereocenters. The third-order valence-corrected chi connectivity index (χ3v) is 5.80. The summed E-state index contributed by atoms with van der Waals surface area (Å²) in [7, 11) is 0. The number of hydrogen-bond acceptors (Lipinski definition) is 2. The van der Waals surface area contributed by atoms with Crippen molar-refractivity contribution in [1.29, 1.82) is 0 Å². The molecule has 3 rings (SSSR count). The predicted octanol–water partition coefficient (Wildman–Crippen LogP) is 6.12. The minimum absolute atomic E-state index is 0.0178. The van der Waals surface area contributed by atoms with E-state index in [1.165, 1.54) is 0 Å². The zero-order chi connectivity index (χ0) is 15.0. The maximum Gasteiger partial charge on any atom is 0.162 e. The first-order valence-corrected chi connectivity index (χ1v) is 9.12. The Morgan fingerprint density at radius 3 is 2.24 bits per heavy atom. The van der Waals surface area contributed by atoms with Gasteiger partial charge in [0.1, 0.15) is 13.2 Å². The van der Waals surface area contributed by atoms with Gasteiger partial charge in [-0.1, -0.05) is 59.4 Å². The lowest BCUT2D eigenvalue weighted by molar-refractivity contribution is 0.171. The summed E-state index contributed by atoms with van der Waals surface area (Å²) in [5.74, 6) is 1.53. The van der Waals surface area contributed by atoms with Crippen LogP contribution >= 0.6 is 59.4 Å². The van der Waals surface area contributed by atoms with E-state index in [0.717, 1.165) is 31.6 Å². The second-order valence-electron chi connectivity index (χ2n) is 4.55. The maximum atomic E-state index is 6.11. The van der Waals surface area contributed by atoms with Gasteiger partial charge in [-0.05, 0) is 41.5 Å². The number of hydrogen-bond donors (Lipinski definition) is 0. The first-order valence-electron chi connectivity index (χ1n) is 6.24. The molecule has 6 heteroatoms. The van der Waals surface area contributed by atoms with Crippen molar-refractivity contribution in [2.24, 2.45) is 0 Å². The topological polar surface area (TPSA) is 18.5 Å². The predicted molar refractivity (Wildman–Crippen MR) is 95.1 cm³/mol. The van der Waals surface area contributed by atoms with Crippen molar-refractivity contribution in [2.45, 2.75) is 4.83 Å². The highest BCUT2D eigenvalue weighted by Gasteiger charge is 2.21. The van der Waals surface area contributed by atoms with Gasteiger partial charge in [-0.3, -0.25) is 0 Å². The van der Waals surface area contributed by atoms with Crippen molar-refractivity contribution >= 4 is 59.4 Å². The average Bonchev–Trinajstić information content (AvgIpc) is 2.48. The van der Waals surface area contributed by atoms with Gasteiger partial charge in [0.25, 0.3) is 0 Å². The van der Waals surface area contributed by atoms with Gasteiger partial charge in [0.15, 0.2) is 11.5 Å². The Balaban J connectivity index is 2.05. The van der Waals surface area contributed by atoms with Gasteiger partial charge < -0.3 is 9.47 Å². The van der Waals surface area contributed by atoms with Crippen LogP contribution in [0.3, 0.4) is 0 Å². The normalized spacial score (nSPS) is 14.9. The lowest BCUT2D eigenvalue weighted by atomic mass is 10.0. The van der Waals surface area contributed by atoms with Crippen molar-refractivity contribution in [3.05, 3.63) is 55.4 Å². The molecule has 0 aliphatic carbocycles. The van der Waals surface area contributed by atoms with E-state index in [2.05, 4.69) is 47.8 Å². The van der Waals surface area contributed by atoms with Crippen LogP contribution in [0, 0.1) is 0 Å². The van der Waals surface area contributed by atoms with Crippen molar-refractivity contribution < 1.29 is 9.47 Å². The summed E-state index contributed by atoms with van der Waals surface area (Å²) in [6.45, 7) is 1.15. The molecule has 2 nitrogen and oxygen atoms in total. The summed E-state index contributed by atoms with van der Waals surface area (Å²) in [6, 6.07) is 9.67. The van der Waals surface area contributed by atoms with E-state index in [4.69, 9.17) is 21.1 Å². The molecule has 0 spiro atoms. The van der Waals surface area contributed by atoms with E-state index in [-0.39, 0.29) is 4.83 Å². The van der Waals surface area contributed by atoms with E-state index >= 15 is 0 Å². The largest absolute Gasteiger partial charge is 0.486 e. The van der Waals surface area contributed by atoms with Crippen LogP contribution in [0.4, 0.5) is 0 Å². The fraction of sp³-hybridized carbons (Fsp3) is 0.200.